The van der Waals surface area contributed by atoms with E-state index in [2.05, 4.69) is 10.3 Å². The third-order valence-electron chi connectivity index (χ3n) is 3.31. The molecule has 0 aliphatic heterocycles. The van der Waals surface area contributed by atoms with Crippen molar-refractivity contribution in [1.82, 2.24) is 14.9 Å². The molecule has 1 amide bonds. The smallest absolute Gasteiger partial charge is 0.244 e. The molecule has 0 radical (unpaired) electrons. The van der Waals surface area contributed by atoms with Crippen molar-refractivity contribution in [2.45, 2.75) is 39.0 Å². The van der Waals surface area contributed by atoms with Crippen LogP contribution in [0, 0.1) is 0 Å². The van der Waals surface area contributed by atoms with E-state index in [1.807, 2.05) is 24.6 Å². The lowest BCUT2D eigenvalue weighted by molar-refractivity contribution is -0.117. The van der Waals surface area contributed by atoms with Crippen LogP contribution in [-0.2, 0) is 11.3 Å². The number of aromatic nitrogens is 2. The summed E-state index contributed by atoms with van der Waals surface area (Å²) in [7, 11) is 0. The van der Waals surface area contributed by atoms with Gasteiger partial charge in [-0.05, 0) is 32.1 Å². The van der Waals surface area contributed by atoms with Gasteiger partial charge in [0.1, 0.15) is 17.7 Å². The van der Waals surface area contributed by atoms with Crippen LogP contribution in [0.2, 0.25) is 0 Å². The molecule has 0 aliphatic rings. The molecule has 6 nitrogen and oxygen atoms in total. The molecule has 2 unspecified atom stereocenters. The molecule has 0 fully saturated rings. The van der Waals surface area contributed by atoms with Gasteiger partial charge in [-0.2, -0.15) is 0 Å². The monoisotopic (exact) mass is 303 g/mol. The molecule has 2 atom stereocenters. The van der Waals surface area contributed by atoms with Crippen molar-refractivity contribution in [3.63, 3.8) is 0 Å². The number of aliphatic hydroxyl groups excluding tert-OH is 1. The molecular weight excluding hydrogens is 282 g/mol. The highest BCUT2D eigenvalue weighted by Gasteiger charge is 2.15. The summed E-state index contributed by atoms with van der Waals surface area (Å²) in [6, 6.07) is 3.26. The van der Waals surface area contributed by atoms with E-state index in [4.69, 9.17) is 4.42 Å². The molecule has 0 bridgehead atoms. The van der Waals surface area contributed by atoms with E-state index in [1.165, 1.54) is 12.3 Å². The largest absolute Gasteiger partial charge is 0.467 e. The summed E-state index contributed by atoms with van der Waals surface area (Å²) in [5.74, 6) is 1.02. The standard InChI is InChI=1S/C16H21N3O3/c1-3-19-9-8-17-15(19)6-7-16(21)18-12(2)11-13(20)14-5-4-10-22-14/h4-10,12-13,20H,3,11H2,1-2H3,(H,18,21)/b7-6+. The van der Waals surface area contributed by atoms with Crippen LogP contribution in [0.1, 0.15) is 38.0 Å². The van der Waals surface area contributed by atoms with Gasteiger partial charge in [-0.15, -0.1) is 0 Å². The topological polar surface area (TPSA) is 80.3 Å². The number of amides is 1. The first kappa shape index (κ1) is 16.0. The highest BCUT2D eigenvalue weighted by atomic mass is 16.4. The molecule has 2 heterocycles. The summed E-state index contributed by atoms with van der Waals surface area (Å²) < 4.78 is 7.07. The van der Waals surface area contributed by atoms with Crippen LogP contribution in [0.5, 0.6) is 0 Å². The van der Waals surface area contributed by atoms with Crippen molar-refractivity contribution >= 4 is 12.0 Å². The highest BCUT2D eigenvalue weighted by Crippen LogP contribution is 2.18. The number of nitrogens with zero attached hydrogens (tertiary/aromatic N) is 2. The van der Waals surface area contributed by atoms with E-state index < -0.39 is 6.10 Å². The van der Waals surface area contributed by atoms with Gasteiger partial charge in [0.25, 0.3) is 0 Å². The van der Waals surface area contributed by atoms with Gasteiger partial charge in [-0.3, -0.25) is 4.79 Å². The van der Waals surface area contributed by atoms with Gasteiger partial charge in [0, 0.05) is 37.5 Å². The minimum atomic E-state index is -0.728. The first-order valence-corrected chi connectivity index (χ1v) is 7.31. The van der Waals surface area contributed by atoms with E-state index in [1.54, 1.807) is 24.4 Å². The number of aryl methyl sites for hydroxylation is 1. The Labute approximate surface area is 129 Å². The highest BCUT2D eigenvalue weighted by molar-refractivity contribution is 5.91. The molecule has 0 saturated heterocycles. The summed E-state index contributed by atoms with van der Waals surface area (Å²) in [6.45, 7) is 4.65. The Morgan fingerprint density at radius 2 is 2.41 bits per heavy atom. The van der Waals surface area contributed by atoms with Gasteiger partial charge < -0.3 is 19.4 Å². The number of furan rings is 1. The average Bonchev–Trinajstić information content (AvgIpc) is 3.15. The number of hydrogen-bond acceptors (Lipinski definition) is 4. The Hall–Kier alpha value is -2.34. The molecule has 2 aromatic rings. The maximum atomic E-state index is 11.9. The second kappa shape index (κ2) is 7.61. The number of rotatable bonds is 7. The molecular formula is C16H21N3O3. The SMILES string of the molecule is CCn1ccnc1/C=C/C(=O)NC(C)CC(O)c1ccco1. The zero-order valence-corrected chi connectivity index (χ0v) is 12.8. The minimum Gasteiger partial charge on any atom is -0.467 e. The van der Waals surface area contributed by atoms with E-state index in [0.717, 1.165) is 12.4 Å². The molecule has 2 N–H and O–H groups in total. The number of carbonyl (C=O) groups excluding carboxylic acids is 1. The molecule has 0 aromatic carbocycles. The van der Waals surface area contributed by atoms with E-state index >= 15 is 0 Å². The maximum Gasteiger partial charge on any atom is 0.244 e. The lowest BCUT2D eigenvalue weighted by atomic mass is 10.1. The van der Waals surface area contributed by atoms with Crippen LogP contribution in [0.4, 0.5) is 0 Å². The van der Waals surface area contributed by atoms with Gasteiger partial charge >= 0.3 is 0 Å². The average molecular weight is 303 g/mol. The number of hydrogen-bond donors (Lipinski definition) is 2. The van der Waals surface area contributed by atoms with Crippen LogP contribution < -0.4 is 5.32 Å². The first-order valence-electron chi connectivity index (χ1n) is 7.31. The zero-order valence-electron chi connectivity index (χ0n) is 12.8. The molecule has 2 rings (SSSR count). The van der Waals surface area contributed by atoms with Crippen molar-refractivity contribution < 1.29 is 14.3 Å². The normalized spacial score (nSPS) is 14.1. The van der Waals surface area contributed by atoms with Crippen molar-refractivity contribution in [2.24, 2.45) is 0 Å². The fraction of sp³-hybridized carbons (Fsp3) is 0.375. The number of carbonyl (C=O) groups is 1. The third-order valence-corrected chi connectivity index (χ3v) is 3.31. The summed E-state index contributed by atoms with van der Waals surface area (Å²) in [5, 5.41) is 12.8. The van der Waals surface area contributed by atoms with Crippen molar-refractivity contribution in [2.75, 3.05) is 0 Å². The molecule has 6 heteroatoms. The van der Waals surface area contributed by atoms with Crippen molar-refractivity contribution in [1.29, 1.82) is 0 Å². The summed E-state index contributed by atoms with van der Waals surface area (Å²) in [4.78, 5) is 16.0. The van der Waals surface area contributed by atoms with Gasteiger partial charge in [-0.1, -0.05) is 0 Å². The van der Waals surface area contributed by atoms with Crippen LogP contribution in [0.3, 0.4) is 0 Å². The van der Waals surface area contributed by atoms with Gasteiger partial charge in [0.05, 0.1) is 6.26 Å². The van der Waals surface area contributed by atoms with Crippen LogP contribution >= 0.6 is 0 Å². The Balaban J connectivity index is 1.83. The predicted molar refractivity (Wildman–Crippen MR) is 82.8 cm³/mol. The maximum absolute atomic E-state index is 11.9. The molecule has 0 aliphatic carbocycles. The predicted octanol–water partition coefficient (Wildman–Crippen LogP) is 2.14. The molecule has 0 saturated carbocycles. The lowest BCUT2D eigenvalue weighted by Gasteiger charge is -2.15. The Kier molecular flexibility index (Phi) is 5.55. The Morgan fingerprint density at radius 1 is 1.59 bits per heavy atom. The second-order valence-corrected chi connectivity index (χ2v) is 5.08. The lowest BCUT2D eigenvalue weighted by Crippen LogP contribution is -2.32. The molecule has 0 spiro atoms. The fourth-order valence-corrected chi connectivity index (χ4v) is 2.18. The van der Waals surface area contributed by atoms with Gasteiger partial charge in [0.15, 0.2) is 0 Å². The van der Waals surface area contributed by atoms with Crippen LogP contribution in [-0.4, -0.2) is 26.6 Å². The van der Waals surface area contributed by atoms with E-state index in [9.17, 15) is 9.90 Å². The first-order chi connectivity index (χ1) is 10.6. The Bertz CT molecular complexity index is 616. The molecule has 118 valence electrons. The zero-order chi connectivity index (χ0) is 15.9. The van der Waals surface area contributed by atoms with Crippen LogP contribution in [0.15, 0.2) is 41.3 Å². The quantitative estimate of drug-likeness (QED) is 0.768. The number of imidazole rings is 1. The minimum absolute atomic E-state index is 0.178. The van der Waals surface area contributed by atoms with E-state index in [-0.39, 0.29) is 11.9 Å². The molecule has 2 aromatic heterocycles. The number of nitrogens with one attached hydrogen (secondary N) is 1. The van der Waals surface area contributed by atoms with Gasteiger partial charge in [-0.25, -0.2) is 4.98 Å². The van der Waals surface area contributed by atoms with Crippen molar-refractivity contribution in [3.05, 3.63) is 48.5 Å². The second-order valence-electron chi connectivity index (χ2n) is 5.08. The number of aliphatic hydroxyl groups is 1. The van der Waals surface area contributed by atoms with Gasteiger partial charge in [0.2, 0.25) is 5.91 Å². The summed E-state index contributed by atoms with van der Waals surface area (Å²) >= 11 is 0. The third kappa shape index (κ3) is 4.33. The molecule has 22 heavy (non-hydrogen) atoms. The Morgan fingerprint density at radius 3 is 3.09 bits per heavy atom. The summed E-state index contributed by atoms with van der Waals surface area (Å²) in [6.07, 6.45) is 7.85. The van der Waals surface area contributed by atoms with E-state index in [0.29, 0.717) is 12.2 Å². The van der Waals surface area contributed by atoms with Crippen LogP contribution in [0.25, 0.3) is 6.08 Å². The summed E-state index contributed by atoms with van der Waals surface area (Å²) in [5.41, 5.74) is 0. The fourth-order valence-electron chi connectivity index (χ4n) is 2.18. The van der Waals surface area contributed by atoms with Crippen molar-refractivity contribution in [3.8, 4) is 0 Å².